The highest BCUT2D eigenvalue weighted by molar-refractivity contribution is 5.66. The van der Waals surface area contributed by atoms with E-state index in [4.69, 9.17) is 5.11 Å². The van der Waals surface area contributed by atoms with Gasteiger partial charge in [0.2, 0.25) is 0 Å². The molecule has 3 heterocycles. The summed E-state index contributed by atoms with van der Waals surface area (Å²) in [6.45, 7) is 4.96. The molecule has 0 amide bonds. The Kier molecular flexibility index (Phi) is 4.08. The van der Waals surface area contributed by atoms with Gasteiger partial charge in [0.25, 0.3) is 0 Å². The van der Waals surface area contributed by atoms with Crippen LogP contribution in [0.5, 0.6) is 0 Å². The van der Waals surface area contributed by atoms with Crippen LogP contribution < -0.4 is 0 Å². The third-order valence-electron chi connectivity index (χ3n) is 5.36. The molecule has 3 aliphatic heterocycles. The van der Waals surface area contributed by atoms with Crippen molar-refractivity contribution in [3.8, 4) is 0 Å². The fraction of sp³-hybridized carbons (Fsp3) is 0.933. The third kappa shape index (κ3) is 2.95. The van der Waals surface area contributed by atoms with Crippen molar-refractivity contribution in [2.75, 3.05) is 26.2 Å². The molecule has 0 aliphatic carbocycles. The predicted molar refractivity (Wildman–Crippen MR) is 74.2 cm³/mol. The first-order valence-corrected chi connectivity index (χ1v) is 7.94. The number of likely N-dealkylation sites (tertiary alicyclic amines) is 1. The van der Waals surface area contributed by atoms with Crippen LogP contribution in [0.2, 0.25) is 0 Å². The highest BCUT2D eigenvalue weighted by Gasteiger charge is 2.41. The summed E-state index contributed by atoms with van der Waals surface area (Å²) in [5.41, 5.74) is 0. The van der Waals surface area contributed by atoms with Crippen LogP contribution in [0.3, 0.4) is 0 Å². The van der Waals surface area contributed by atoms with E-state index in [1.54, 1.807) is 0 Å². The molecule has 3 unspecified atom stereocenters. The summed E-state index contributed by atoms with van der Waals surface area (Å²) in [4.78, 5) is 16.1. The summed E-state index contributed by atoms with van der Waals surface area (Å²) in [5.74, 6) is -0.0275. The number of carboxylic acid groups (broad SMARTS) is 1. The lowest BCUT2D eigenvalue weighted by molar-refractivity contribution is -0.137. The zero-order valence-corrected chi connectivity index (χ0v) is 11.8. The molecular weight excluding hydrogens is 240 g/mol. The monoisotopic (exact) mass is 266 g/mol. The minimum Gasteiger partial charge on any atom is -0.481 e. The van der Waals surface area contributed by atoms with Gasteiger partial charge in [0.15, 0.2) is 0 Å². The van der Waals surface area contributed by atoms with Gasteiger partial charge in [-0.25, -0.2) is 0 Å². The smallest absolute Gasteiger partial charge is 0.303 e. The lowest BCUT2D eigenvalue weighted by Gasteiger charge is -2.39. The Labute approximate surface area is 115 Å². The van der Waals surface area contributed by atoms with Crippen molar-refractivity contribution in [2.45, 2.75) is 57.0 Å². The van der Waals surface area contributed by atoms with Crippen LogP contribution in [0.25, 0.3) is 0 Å². The molecule has 108 valence electrons. The summed E-state index contributed by atoms with van der Waals surface area (Å²) in [5, 5.41) is 8.82. The number of fused-ring (bicyclic) bond motifs is 1. The van der Waals surface area contributed by atoms with Gasteiger partial charge in [-0.15, -0.1) is 0 Å². The Morgan fingerprint density at radius 1 is 1.00 bits per heavy atom. The molecule has 1 N–H and O–H groups in total. The number of carboxylic acids is 1. The molecule has 3 aliphatic rings. The second-order valence-electron chi connectivity index (χ2n) is 6.54. The number of rotatable bonds is 4. The highest BCUT2D eigenvalue weighted by atomic mass is 16.4. The van der Waals surface area contributed by atoms with Gasteiger partial charge < -0.3 is 5.11 Å². The zero-order valence-electron chi connectivity index (χ0n) is 11.8. The highest BCUT2D eigenvalue weighted by Crippen LogP contribution is 2.34. The third-order valence-corrected chi connectivity index (χ3v) is 5.36. The van der Waals surface area contributed by atoms with Gasteiger partial charge in [-0.1, -0.05) is 0 Å². The molecule has 3 rings (SSSR count). The van der Waals surface area contributed by atoms with Gasteiger partial charge in [-0.05, 0) is 57.5 Å². The van der Waals surface area contributed by atoms with Gasteiger partial charge in [-0.2, -0.15) is 0 Å². The number of aliphatic carboxylic acids is 1. The summed E-state index contributed by atoms with van der Waals surface area (Å²) < 4.78 is 0. The molecule has 4 nitrogen and oxygen atoms in total. The average molecular weight is 266 g/mol. The van der Waals surface area contributed by atoms with Gasteiger partial charge in [-0.3, -0.25) is 14.6 Å². The van der Waals surface area contributed by atoms with Crippen LogP contribution in [0.1, 0.15) is 44.9 Å². The summed E-state index contributed by atoms with van der Waals surface area (Å²) in [6, 6.07) is 1.56. The van der Waals surface area contributed by atoms with Gasteiger partial charge in [0.1, 0.15) is 0 Å². The Morgan fingerprint density at radius 2 is 1.74 bits per heavy atom. The van der Waals surface area contributed by atoms with E-state index in [9.17, 15) is 4.79 Å². The Morgan fingerprint density at radius 3 is 2.58 bits per heavy atom. The molecule has 0 spiro atoms. The SMILES string of the molecule is O=C(O)CCC1CCCN(C2CCN3CCCC23)C1. The fourth-order valence-corrected chi connectivity index (χ4v) is 4.44. The van der Waals surface area contributed by atoms with E-state index >= 15 is 0 Å². The number of carbonyl (C=O) groups is 1. The first kappa shape index (κ1) is 13.4. The van der Waals surface area contributed by atoms with Gasteiger partial charge >= 0.3 is 5.97 Å². The topological polar surface area (TPSA) is 43.8 Å². The van der Waals surface area contributed by atoms with Crippen molar-refractivity contribution < 1.29 is 9.90 Å². The molecule has 0 bridgehead atoms. The maximum absolute atomic E-state index is 10.7. The second kappa shape index (κ2) is 5.80. The largest absolute Gasteiger partial charge is 0.481 e. The van der Waals surface area contributed by atoms with Crippen molar-refractivity contribution in [3.05, 3.63) is 0 Å². The van der Waals surface area contributed by atoms with E-state index in [-0.39, 0.29) is 0 Å². The maximum atomic E-state index is 10.7. The van der Waals surface area contributed by atoms with E-state index in [0.717, 1.165) is 25.0 Å². The minimum absolute atomic E-state index is 0.346. The van der Waals surface area contributed by atoms with Crippen molar-refractivity contribution in [1.82, 2.24) is 9.80 Å². The average Bonchev–Trinajstić information content (AvgIpc) is 2.99. The second-order valence-corrected chi connectivity index (χ2v) is 6.54. The Balaban J connectivity index is 1.54. The molecular formula is C15H26N2O2. The van der Waals surface area contributed by atoms with E-state index in [0.29, 0.717) is 12.3 Å². The number of hydrogen-bond donors (Lipinski definition) is 1. The first-order valence-electron chi connectivity index (χ1n) is 7.94. The van der Waals surface area contributed by atoms with Crippen LogP contribution in [0.4, 0.5) is 0 Å². The Bertz CT molecular complexity index is 334. The molecule has 19 heavy (non-hydrogen) atoms. The van der Waals surface area contributed by atoms with Crippen LogP contribution in [0, 0.1) is 5.92 Å². The molecule has 3 saturated heterocycles. The molecule has 4 heteroatoms. The summed E-state index contributed by atoms with van der Waals surface area (Å²) >= 11 is 0. The summed E-state index contributed by atoms with van der Waals surface area (Å²) in [7, 11) is 0. The fourth-order valence-electron chi connectivity index (χ4n) is 4.44. The van der Waals surface area contributed by atoms with Crippen molar-refractivity contribution in [1.29, 1.82) is 0 Å². The molecule has 0 radical (unpaired) electrons. The van der Waals surface area contributed by atoms with Gasteiger partial charge in [0, 0.05) is 31.6 Å². The normalized spacial score (nSPS) is 36.5. The van der Waals surface area contributed by atoms with Crippen molar-refractivity contribution >= 4 is 5.97 Å². The standard InChI is InChI=1S/C15H26N2O2/c18-15(19)6-5-12-3-1-9-17(11-12)14-7-10-16-8-2-4-13(14)16/h12-14H,1-11H2,(H,18,19). The predicted octanol–water partition coefficient (Wildman–Crippen LogP) is 1.80. The van der Waals surface area contributed by atoms with Gasteiger partial charge in [0.05, 0.1) is 0 Å². The molecule has 0 aromatic rings. The van der Waals surface area contributed by atoms with Crippen LogP contribution in [-0.4, -0.2) is 59.1 Å². The number of hydrogen-bond acceptors (Lipinski definition) is 3. The number of piperidine rings is 1. The maximum Gasteiger partial charge on any atom is 0.303 e. The van der Waals surface area contributed by atoms with Crippen molar-refractivity contribution in [3.63, 3.8) is 0 Å². The molecule has 0 saturated carbocycles. The van der Waals surface area contributed by atoms with E-state index in [1.807, 2.05) is 0 Å². The first-order chi connectivity index (χ1) is 9.24. The van der Waals surface area contributed by atoms with E-state index in [1.165, 1.54) is 51.7 Å². The van der Waals surface area contributed by atoms with Crippen LogP contribution in [-0.2, 0) is 4.79 Å². The minimum atomic E-state index is -0.639. The molecule has 3 fully saturated rings. The van der Waals surface area contributed by atoms with E-state index < -0.39 is 5.97 Å². The number of nitrogens with zero attached hydrogens (tertiary/aromatic N) is 2. The van der Waals surface area contributed by atoms with Crippen molar-refractivity contribution in [2.24, 2.45) is 5.92 Å². The van der Waals surface area contributed by atoms with E-state index in [2.05, 4.69) is 9.80 Å². The molecule has 3 atom stereocenters. The van der Waals surface area contributed by atoms with Crippen LogP contribution >= 0.6 is 0 Å². The lowest BCUT2D eigenvalue weighted by Crippen LogP contribution is -2.47. The van der Waals surface area contributed by atoms with Crippen LogP contribution in [0.15, 0.2) is 0 Å². The molecule has 0 aromatic carbocycles. The lowest BCUT2D eigenvalue weighted by atomic mass is 9.91. The Hall–Kier alpha value is -0.610. The molecule has 0 aromatic heterocycles. The zero-order chi connectivity index (χ0) is 13.2. The summed E-state index contributed by atoms with van der Waals surface area (Å²) in [6.07, 6.45) is 7.78. The quantitative estimate of drug-likeness (QED) is 0.842.